The third kappa shape index (κ3) is 7.45. The summed E-state index contributed by atoms with van der Waals surface area (Å²) in [6.45, 7) is 2.03. The van der Waals surface area contributed by atoms with Crippen LogP contribution in [-0.4, -0.2) is 31.0 Å². The van der Waals surface area contributed by atoms with Gasteiger partial charge in [-0.25, -0.2) is 0 Å². The second kappa shape index (κ2) is 10.0. The summed E-state index contributed by atoms with van der Waals surface area (Å²) in [6.07, 6.45) is 0.827. The van der Waals surface area contributed by atoms with Crippen molar-refractivity contribution in [2.75, 3.05) is 14.1 Å². The van der Waals surface area contributed by atoms with Gasteiger partial charge in [-0.15, -0.1) is 0 Å². The maximum atomic E-state index is 11.0. The molecular formula is C19H24N2O3. The molecule has 0 saturated carbocycles. The highest BCUT2D eigenvalue weighted by Crippen LogP contribution is 2.09. The molecule has 0 spiro atoms. The zero-order chi connectivity index (χ0) is 17.9. The van der Waals surface area contributed by atoms with Gasteiger partial charge in [-0.2, -0.15) is 0 Å². The number of hydrogen-bond donors (Lipinski definition) is 3. The summed E-state index contributed by atoms with van der Waals surface area (Å²) in [6, 6.07) is 14.6. The molecule has 5 nitrogen and oxygen atoms in total. The molecule has 0 unspecified atom stereocenters. The van der Waals surface area contributed by atoms with Gasteiger partial charge in [-0.05, 0) is 30.2 Å². The van der Waals surface area contributed by atoms with Gasteiger partial charge in [0.1, 0.15) is 5.75 Å². The van der Waals surface area contributed by atoms with Crippen molar-refractivity contribution in [3.8, 4) is 5.75 Å². The third-order valence-corrected chi connectivity index (χ3v) is 3.34. The van der Waals surface area contributed by atoms with Crippen LogP contribution in [0.5, 0.6) is 5.75 Å². The number of aryl methyl sites for hydroxylation is 1. The van der Waals surface area contributed by atoms with E-state index >= 15 is 0 Å². The topological polar surface area (TPSA) is 78.4 Å². The maximum Gasteiger partial charge on any atom is 0.224 e. The molecule has 0 radical (unpaired) electrons. The van der Waals surface area contributed by atoms with Gasteiger partial charge in [0.15, 0.2) is 0 Å². The van der Waals surface area contributed by atoms with Crippen molar-refractivity contribution in [2.45, 2.75) is 19.8 Å². The highest BCUT2D eigenvalue weighted by molar-refractivity contribution is 5.78. The molecule has 0 aliphatic rings. The average Bonchev–Trinajstić information content (AvgIpc) is 2.59. The maximum absolute atomic E-state index is 11.0. The van der Waals surface area contributed by atoms with Crippen molar-refractivity contribution in [1.82, 2.24) is 10.6 Å². The Balaban J connectivity index is 0.000000240. The number of rotatable bonds is 4. The number of likely N-dealkylation sites (N-methyl/N-ethyl adjacent to an activating group) is 2. The lowest BCUT2D eigenvalue weighted by molar-refractivity contribution is -0.120. The molecule has 5 heteroatoms. The summed E-state index contributed by atoms with van der Waals surface area (Å²) < 4.78 is 0. The van der Waals surface area contributed by atoms with E-state index in [1.165, 1.54) is 5.56 Å². The normalized spacial score (nSPS) is 9.46. The Morgan fingerprint density at radius 2 is 1.17 bits per heavy atom. The number of aromatic hydroxyl groups is 1. The van der Waals surface area contributed by atoms with Crippen molar-refractivity contribution in [1.29, 1.82) is 0 Å². The van der Waals surface area contributed by atoms with Crippen molar-refractivity contribution < 1.29 is 14.7 Å². The van der Waals surface area contributed by atoms with E-state index < -0.39 is 0 Å². The Morgan fingerprint density at radius 3 is 1.54 bits per heavy atom. The minimum absolute atomic E-state index is 0.0271. The summed E-state index contributed by atoms with van der Waals surface area (Å²) in [7, 11) is 3.25. The SMILES string of the molecule is CNC(=O)Cc1ccc(C)cc1.CNC(=O)Cc1ccc(O)cc1. The molecule has 0 fully saturated rings. The van der Waals surface area contributed by atoms with Crippen molar-refractivity contribution >= 4 is 11.8 Å². The minimum atomic E-state index is -0.0271. The van der Waals surface area contributed by atoms with E-state index in [9.17, 15) is 9.59 Å². The zero-order valence-corrected chi connectivity index (χ0v) is 14.3. The van der Waals surface area contributed by atoms with Crippen LogP contribution in [-0.2, 0) is 22.4 Å². The van der Waals surface area contributed by atoms with Crippen molar-refractivity contribution in [3.63, 3.8) is 0 Å². The molecule has 24 heavy (non-hydrogen) atoms. The number of carbonyl (C=O) groups excluding carboxylic acids is 2. The molecule has 0 aliphatic heterocycles. The van der Waals surface area contributed by atoms with Gasteiger partial charge < -0.3 is 15.7 Å². The first-order valence-corrected chi connectivity index (χ1v) is 7.69. The summed E-state index contributed by atoms with van der Waals surface area (Å²) in [5.74, 6) is 0.246. The highest BCUT2D eigenvalue weighted by atomic mass is 16.3. The number of benzene rings is 2. The average molecular weight is 328 g/mol. The lowest BCUT2D eigenvalue weighted by atomic mass is 10.1. The fourth-order valence-electron chi connectivity index (χ4n) is 1.87. The largest absolute Gasteiger partial charge is 0.508 e. The molecule has 0 heterocycles. The molecule has 3 N–H and O–H groups in total. The van der Waals surface area contributed by atoms with Crippen LogP contribution < -0.4 is 10.6 Å². The minimum Gasteiger partial charge on any atom is -0.508 e. The Bertz CT molecular complexity index is 590. The lowest BCUT2D eigenvalue weighted by Gasteiger charge is -1.99. The monoisotopic (exact) mass is 328 g/mol. The van der Waals surface area contributed by atoms with Gasteiger partial charge in [0.2, 0.25) is 11.8 Å². The molecule has 2 aromatic carbocycles. The standard InChI is InChI=1S/C10H13NO.C9H11NO2/c1-8-3-5-9(6-4-8)7-10(12)11-2;1-10-9(12)6-7-2-4-8(11)5-3-7/h3-6H,7H2,1-2H3,(H,11,12);2-5,11H,6H2,1H3,(H,10,12). The second-order valence-electron chi connectivity index (χ2n) is 5.35. The summed E-state index contributed by atoms with van der Waals surface area (Å²) in [4.78, 5) is 21.8. The van der Waals surface area contributed by atoms with Gasteiger partial charge in [-0.3, -0.25) is 9.59 Å². The molecule has 2 rings (SSSR count). The Hall–Kier alpha value is -2.82. The van der Waals surface area contributed by atoms with Crippen LogP contribution in [0.25, 0.3) is 0 Å². The zero-order valence-electron chi connectivity index (χ0n) is 14.3. The van der Waals surface area contributed by atoms with Gasteiger partial charge in [0.05, 0.1) is 12.8 Å². The molecule has 2 aromatic rings. The Morgan fingerprint density at radius 1 is 0.792 bits per heavy atom. The van der Waals surface area contributed by atoms with E-state index in [4.69, 9.17) is 5.11 Å². The van der Waals surface area contributed by atoms with E-state index in [1.807, 2.05) is 31.2 Å². The number of hydrogen-bond acceptors (Lipinski definition) is 3. The van der Waals surface area contributed by atoms with E-state index in [0.29, 0.717) is 12.8 Å². The van der Waals surface area contributed by atoms with Crippen molar-refractivity contribution in [2.24, 2.45) is 0 Å². The van der Waals surface area contributed by atoms with Crippen LogP contribution in [0, 0.1) is 6.92 Å². The van der Waals surface area contributed by atoms with E-state index in [0.717, 1.165) is 11.1 Å². The van der Waals surface area contributed by atoms with Gasteiger partial charge in [-0.1, -0.05) is 42.0 Å². The first-order valence-electron chi connectivity index (χ1n) is 7.69. The number of phenols is 1. The lowest BCUT2D eigenvalue weighted by Crippen LogP contribution is -2.19. The predicted octanol–water partition coefficient (Wildman–Crippen LogP) is 1.96. The first-order chi connectivity index (χ1) is 11.4. The Kier molecular flexibility index (Phi) is 8.05. The number of carbonyl (C=O) groups is 2. The third-order valence-electron chi connectivity index (χ3n) is 3.34. The molecular weight excluding hydrogens is 304 g/mol. The van der Waals surface area contributed by atoms with Crippen LogP contribution in [0.2, 0.25) is 0 Å². The van der Waals surface area contributed by atoms with Gasteiger partial charge in [0.25, 0.3) is 0 Å². The predicted molar refractivity (Wildman–Crippen MR) is 94.8 cm³/mol. The van der Waals surface area contributed by atoms with Crippen LogP contribution in [0.1, 0.15) is 16.7 Å². The summed E-state index contributed by atoms with van der Waals surface area (Å²) >= 11 is 0. The van der Waals surface area contributed by atoms with E-state index in [1.54, 1.807) is 38.4 Å². The summed E-state index contributed by atoms with van der Waals surface area (Å²) in [5.41, 5.74) is 3.17. The number of amides is 2. The fourth-order valence-corrected chi connectivity index (χ4v) is 1.87. The van der Waals surface area contributed by atoms with Crippen LogP contribution in [0.15, 0.2) is 48.5 Å². The molecule has 128 valence electrons. The van der Waals surface area contributed by atoms with Crippen LogP contribution in [0.4, 0.5) is 0 Å². The molecule has 0 aromatic heterocycles. The highest BCUT2D eigenvalue weighted by Gasteiger charge is 2.00. The van der Waals surface area contributed by atoms with Crippen LogP contribution >= 0.6 is 0 Å². The van der Waals surface area contributed by atoms with Gasteiger partial charge in [0, 0.05) is 14.1 Å². The summed E-state index contributed by atoms with van der Waals surface area (Å²) in [5, 5.41) is 14.1. The fraction of sp³-hybridized carbons (Fsp3) is 0.263. The number of phenolic OH excluding ortho intramolecular Hbond substituents is 1. The quantitative estimate of drug-likeness (QED) is 0.803. The molecule has 0 aliphatic carbocycles. The van der Waals surface area contributed by atoms with Gasteiger partial charge >= 0.3 is 0 Å². The molecule has 0 saturated heterocycles. The second-order valence-corrected chi connectivity index (χ2v) is 5.35. The smallest absolute Gasteiger partial charge is 0.224 e. The molecule has 0 atom stereocenters. The Labute approximate surface area is 142 Å². The molecule has 0 bridgehead atoms. The van der Waals surface area contributed by atoms with E-state index in [2.05, 4.69) is 10.6 Å². The molecule has 2 amide bonds. The number of nitrogens with one attached hydrogen (secondary N) is 2. The van der Waals surface area contributed by atoms with E-state index in [-0.39, 0.29) is 17.6 Å². The van der Waals surface area contributed by atoms with Crippen LogP contribution in [0.3, 0.4) is 0 Å². The first kappa shape index (κ1) is 19.2. The van der Waals surface area contributed by atoms with Crippen molar-refractivity contribution in [3.05, 3.63) is 65.2 Å².